The molecule has 1 aromatic carbocycles. The lowest BCUT2D eigenvalue weighted by molar-refractivity contribution is 0.368. The first-order chi connectivity index (χ1) is 9.81. The number of H-pyrrole nitrogens is 1. The van der Waals surface area contributed by atoms with Crippen LogP contribution in [0.5, 0.6) is 0 Å². The van der Waals surface area contributed by atoms with Crippen LogP contribution < -0.4 is 5.32 Å². The van der Waals surface area contributed by atoms with Crippen molar-refractivity contribution >= 4 is 15.9 Å². The molecule has 1 aliphatic carbocycles. The van der Waals surface area contributed by atoms with Gasteiger partial charge in [0.2, 0.25) is 0 Å². The molecule has 2 aliphatic rings. The van der Waals surface area contributed by atoms with E-state index in [1.807, 2.05) is 0 Å². The van der Waals surface area contributed by atoms with Crippen LogP contribution in [0.25, 0.3) is 11.3 Å². The summed E-state index contributed by atoms with van der Waals surface area (Å²) in [4.78, 5) is 8.43. The second-order valence-electron chi connectivity index (χ2n) is 5.85. The average Bonchev–Trinajstić information content (AvgIpc) is 2.99. The smallest absolute Gasteiger partial charge is 0.107 e. The van der Waals surface area contributed by atoms with Crippen LogP contribution in [0.15, 0.2) is 22.7 Å². The minimum absolute atomic E-state index is 0.782. The summed E-state index contributed by atoms with van der Waals surface area (Å²) in [5.74, 6) is 1.96. The Hall–Kier alpha value is -1.13. The number of aromatic nitrogens is 2. The highest BCUT2D eigenvalue weighted by atomic mass is 79.9. The number of fused-ring (bicyclic) bond motifs is 3. The molecule has 0 bridgehead atoms. The Morgan fingerprint density at radius 2 is 2.10 bits per heavy atom. The van der Waals surface area contributed by atoms with Crippen molar-refractivity contribution in [2.75, 3.05) is 13.1 Å². The van der Waals surface area contributed by atoms with Crippen molar-refractivity contribution in [3.8, 4) is 11.3 Å². The molecule has 1 fully saturated rings. The van der Waals surface area contributed by atoms with Gasteiger partial charge in [-0.3, -0.25) is 0 Å². The maximum absolute atomic E-state index is 4.87. The van der Waals surface area contributed by atoms with E-state index in [4.69, 9.17) is 4.98 Å². The Kier molecular flexibility index (Phi) is 3.15. The number of halogens is 1. The fraction of sp³-hybridized carbons (Fsp3) is 0.438. The number of hydrogen-bond donors (Lipinski definition) is 2. The van der Waals surface area contributed by atoms with Crippen LogP contribution in [0, 0.1) is 5.92 Å². The summed E-state index contributed by atoms with van der Waals surface area (Å²) in [6.45, 7) is 2.31. The van der Waals surface area contributed by atoms with Gasteiger partial charge in [-0.25, -0.2) is 4.98 Å². The van der Waals surface area contributed by atoms with E-state index < -0.39 is 0 Å². The Morgan fingerprint density at radius 3 is 2.95 bits per heavy atom. The second kappa shape index (κ2) is 5.01. The molecule has 20 heavy (non-hydrogen) atoms. The maximum atomic E-state index is 4.87. The van der Waals surface area contributed by atoms with Crippen LogP contribution in [0.4, 0.5) is 0 Å². The average molecular weight is 332 g/mol. The van der Waals surface area contributed by atoms with E-state index in [0.717, 1.165) is 31.8 Å². The molecule has 0 spiro atoms. The molecule has 4 rings (SSSR count). The number of aromatic amines is 1. The molecule has 1 saturated heterocycles. The Labute approximate surface area is 127 Å². The van der Waals surface area contributed by atoms with E-state index >= 15 is 0 Å². The van der Waals surface area contributed by atoms with Crippen LogP contribution in [-0.2, 0) is 12.8 Å². The Bertz CT molecular complexity index is 641. The van der Waals surface area contributed by atoms with Crippen molar-refractivity contribution < 1.29 is 0 Å². The van der Waals surface area contributed by atoms with Gasteiger partial charge in [0, 0.05) is 28.6 Å². The largest absolute Gasteiger partial charge is 0.345 e. The van der Waals surface area contributed by atoms with Crippen LogP contribution in [-0.4, -0.2) is 23.1 Å². The third kappa shape index (κ3) is 2.11. The number of imidazole rings is 1. The van der Waals surface area contributed by atoms with Gasteiger partial charge in [0.1, 0.15) is 5.82 Å². The molecule has 2 heterocycles. The predicted octanol–water partition coefficient (Wildman–Crippen LogP) is 3.29. The third-order valence-electron chi connectivity index (χ3n) is 4.50. The van der Waals surface area contributed by atoms with Crippen molar-refractivity contribution in [1.29, 1.82) is 0 Å². The molecule has 2 N–H and O–H groups in total. The summed E-state index contributed by atoms with van der Waals surface area (Å²) in [6.07, 6.45) is 4.62. The van der Waals surface area contributed by atoms with Crippen LogP contribution in [0.1, 0.15) is 29.9 Å². The third-order valence-corrected chi connectivity index (χ3v) is 5.24. The van der Waals surface area contributed by atoms with Gasteiger partial charge in [0.05, 0.1) is 5.69 Å². The second-order valence-corrected chi connectivity index (χ2v) is 6.71. The molecule has 1 aromatic heterocycles. The minimum atomic E-state index is 0.782. The van der Waals surface area contributed by atoms with Gasteiger partial charge in [-0.1, -0.05) is 28.1 Å². The molecule has 0 atom stereocenters. The first-order valence-electron chi connectivity index (χ1n) is 7.37. The van der Waals surface area contributed by atoms with E-state index in [9.17, 15) is 0 Å². The highest BCUT2D eigenvalue weighted by Crippen LogP contribution is 2.38. The standard InChI is InChI=1S/C16H18BrN3/c17-13-3-1-2-11-12(13)9-14-16(11)20-15(19-14)8-10-4-6-18-7-5-10/h1-3,10,18H,4-9H2,(H,19,20). The Morgan fingerprint density at radius 1 is 1.25 bits per heavy atom. The van der Waals surface area contributed by atoms with E-state index in [1.165, 1.54) is 45.7 Å². The van der Waals surface area contributed by atoms with Crippen molar-refractivity contribution in [1.82, 2.24) is 15.3 Å². The van der Waals surface area contributed by atoms with E-state index in [0.29, 0.717) is 0 Å². The zero-order valence-electron chi connectivity index (χ0n) is 11.4. The predicted molar refractivity (Wildman–Crippen MR) is 83.8 cm³/mol. The van der Waals surface area contributed by atoms with E-state index in [1.54, 1.807) is 0 Å². The van der Waals surface area contributed by atoms with Crippen LogP contribution in [0.3, 0.4) is 0 Å². The first-order valence-corrected chi connectivity index (χ1v) is 8.17. The lowest BCUT2D eigenvalue weighted by Crippen LogP contribution is -2.28. The lowest BCUT2D eigenvalue weighted by Gasteiger charge is -2.21. The summed E-state index contributed by atoms with van der Waals surface area (Å²) in [5, 5.41) is 3.42. The van der Waals surface area contributed by atoms with Crippen LogP contribution >= 0.6 is 15.9 Å². The van der Waals surface area contributed by atoms with Gasteiger partial charge in [0.15, 0.2) is 0 Å². The van der Waals surface area contributed by atoms with Gasteiger partial charge < -0.3 is 10.3 Å². The quantitative estimate of drug-likeness (QED) is 0.756. The van der Waals surface area contributed by atoms with Gasteiger partial charge >= 0.3 is 0 Å². The lowest BCUT2D eigenvalue weighted by atomic mass is 9.94. The molecule has 0 radical (unpaired) electrons. The number of nitrogens with one attached hydrogen (secondary N) is 2. The van der Waals surface area contributed by atoms with Gasteiger partial charge in [0.25, 0.3) is 0 Å². The fourth-order valence-corrected chi connectivity index (χ4v) is 3.91. The minimum Gasteiger partial charge on any atom is -0.345 e. The molecular formula is C16H18BrN3. The van der Waals surface area contributed by atoms with Crippen molar-refractivity contribution in [2.45, 2.75) is 25.7 Å². The van der Waals surface area contributed by atoms with Gasteiger partial charge in [-0.05, 0) is 43.5 Å². The topological polar surface area (TPSA) is 40.7 Å². The molecule has 3 nitrogen and oxygen atoms in total. The zero-order valence-corrected chi connectivity index (χ0v) is 13.0. The van der Waals surface area contributed by atoms with Crippen molar-refractivity contribution in [3.63, 3.8) is 0 Å². The number of rotatable bonds is 2. The fourth-order valence-electron chi connectivity index (χ4n) is 3.41. The summed E-state index contributed by atoms with van der Waals surface area (Å²) in [6, 6.07) is 6.39. The van der Waals surface area contributed by atoms with Crippen molar-refractivity contribution in [3.05, 3.63) is 39.8 Å². The maximum Gasteiger partial charge on any atom is 0.107 e. The molecule has 104 valence electrons. The van der Waals surface area contributed by atoms with E-state index in [2.05, 4.69) is 44.4 Å². The molecule has 0 unspecified atom stereocenters. The molecule has 1 aliphatic heterocycles. The molecular weight excluding hydrogens is 314 g/mol. The molecule has 0 amide bonds. The number of hydrogen-bond acceptors (Lipinski definition) is 2. The van der Waals surface area contributed by atoms with E-state index in [-0.39, 0.29) is 0 Å². The SMILES string of the molecule is Brc1cccc2c1Cc1[nH]c(CC3CCNCC3)nc1-2. The van der Waals surface area contributed by atoms with Crippen molar-refractivity contribution in [2.24, 2.45) is 5.92 Å². The normalized spacial score (nSPS) is 18.1. The summed E-state index contributed by atoms with van der Waals surface area (Å²) < 4.78 is 1.20. The highest BCUT2D eigenvalue weighted by molar-refractivity contribution is 9.10. The monoisotopic (exact) mass is 331 g/mol. The zero-order chi connectivity index (χ0) is 13.5. The Balaban J connectivity index is 1.60. The summed E-state index contributed by atoms with van der Waals surface area (Å²) in [5.41, 5.74) is 5.12. The number of piperidine rings is 1. The number of nitrogens with zero attached hydrogens (tertiary/aromatic N) is 1. The molecule has 4 heteroatoms. The molecule has 0 saturated carbocycles. The van der Waals surface area contributed by atoms with Gasteiger partial charge in [-0.15, -0.1) is 0 Å². The highest BCUT2D eigenvalue weighted by Gasteiger charge is 2.25. The molecule has 2 aromatic rings. The number of benzene rings is 1. The van der Waals surface area contributed by atoms with Gasteiger partial charge in [-0.2, -0.15) is 0 Å². The summed E-state index contributed by atoms with van der Waals surface area (Å²) >= 11 is 3.64. The first kappa shape index (κ1) is 12.6. The summed E-state index contributed by atoms with van der Waals surface area (Å²) in [7, 11) is 0. The van der Waals surface area contributed by atoms with Crippen LogP contribution in [0.2, 0.25) is 0 Å².